The molecule has 0 aromatic heterocycles. The molecule has 7 nitrogen and oxygen atoms in total. The summed E-state index contributed by atoms with van der Waals surface area (Å²) in [6.45, 7) is 2.98. The number of rotatable bonds is 3. The standard InChI is InChI=1S/C14H19N3O4/c1-10-8-11(5-6-13(10)17(19)20)15-12-4-3-7-16(9-12)14(18)21-2/h5-6,8,12,15H,3-4,7,9H2,1-2H3. The fraction of sp³-hybridized carbons (Fsp3) is 0.500. The Morgan fingerprint density at radius 3 is 2.90 bits per heavy atom. The highest BCUT2D eigenvalue weighted by Crippen LogP contribution is 2.23. The zero-order valence-electron chi connectivity index (χ0n) is 12.2. The highest BCUT2D eigenvalue weighted by molar-refractivity contribution is 5.67. The normalized spacial score (nSPS) is 18.2. The molecule has 1 heterocycles. The Labute approximate surface area is 123 Å². The van der Waals surface area contributed by atoms with Crippen LogP contribution >= 0.6 is 0 Å². The highest BCUT2D eigenvalue weighted by Gasteiger charge is 2.24. The Hall–Kier alpha value is -2.31. The van der Waals surface area contributed by atoms with Crippen LogP contribution in [0.1, 0.15) is 18.4 Å². The van der Waals surface area contributed by atoms with E-state index < -0.39 is 4.92 Å². The van der Waals surface area contributed by atoms with E-state index in [0.717, 1.165) is 18.5 Å². The van der Waals surface area contributed by atoms with Crippen molar-refractivity contribution in [2.45, 2.75) is 25.8 Å². The number of ether oxygens (including phenoxy) is 1. The monoisotopic (exact) mass is 293 g/mol. The molecule has 1 N–H and O–H groups in total. The fourth-order valence-electron chi connectivity index (χ4n) is 2.58. The maximum Gasteiger partial charge on any atom is 0.409 e. The predicted molar refractivity (Wildman–Crippen MR) is 78.5 cm³/mol. The van der Waals surface area contributed by atoms with Crippen molar-refractivity contribution in [3.63, 3.8) is 0 Å². The third-order valence-electron chi connectivity index (χ3n) is 3.62. The van der Waals surface area contributed by atoms with E-state index >= 15 is 0 Å². The smallest absolute Gasteiger partial charge is 0.409 e. The molecule has 0 radical (unpaired) electrons. The summed E-state index contributed by atoms with van der Waals surface area (Å²) in [6.07, 6.45) is 1.53. The van der Waals surface area contributed by atoms with Gasteiger partial charge < -0.3 is 15.0 Å². The van der Waals surface area contributed by atoms with E-state index in [9.17, 15) is 14.9 Å². The van der Waals surface area contributed by atoms with Crippen LogP contribution in [0.5, 0.6) is 0 Å². The number of aryl methyl sites for hydroxylation is 1. The van der Waals surface area contributed by atoms with Gasteiger partial charge in [0.25, 0.3) is 5.69 Å². The van der Waals surface area contributed by atoms with Crippen LogP contribution in [0.25, 0.3) is 0 Å². The molecule has 7 heteroatoms. The molecule has 0 spiro atoms. The van der Waals surface area contributed by atoms with Crippen LogP contribution in [0.3, 0.4) is 0 Å². The number of nitrogens with zero attached hydrogens (tertiary/aromatic N) is 2. The van der Waals surface area contributed by atoms with E-state index in [-0.39, 0.29) is 17.8 Å². The molecular weight excluding hydrogens is 274 g/mol. The Morgan fingerprint density at radius 1 is 1.52 bits per heavy atom. The Morgan fingerprint density at radius 2 is 2.29 bits per heavy atom. The Balaban J connectivity index is 2.03. The number of nitro groups is 1. The first-order valence-corrected chi connectivity index (χ1v) is 6.85. The van der Waals surface area contributed by atoms with Gasteiger partial charge in [0.05, 0.1) is 12.0 Å². The molecule has 1 aliphatic heterocycles. The van der Waals surface area contributed by atoms with Crippen LogP contribution in [-0.2, 0) is 4.74 Å². The Bertz CT molecular complexity index is 547. The Kier molecular flexibility index (Phi) is 4.62. The minimum Gasteiger partial charge on any atom is -0.453 e. The van der Waals surface area contributed by atoms with Crippen molar-refractivity contribution in [3.8, 4) is 0 Å². The molecule has 1 unspecified atom stereocenters. The van der Waals surface area contributed by atoms with Crippen LogP contribution in [0.4, 0.5) is 16.2 Å². The largest absolute Gasteiger partial charge is 0.453 e. The molecular formula is C14H19N3O4. The molecule has 1 atom stereocenters. The van der Waals surface area contributed by atoms with Gasteiger partial charge in [0, 0.05) is 36.4 Å². The van der Waals surface area contributed by atoms with E-state index in [0.29, 0.717) is 18.7 Å². The number of nitro benzene ring substituents is 1. The van der Waals surface area contributed by atoms with Crippen molar-refractivity contribution >= 4 is 17.5 Å². The van der Waals surface area contributed by atoms with E-state index in [1.165, 1.54) is 13.2 Å². The number of anilines is 1. The second-order valence-electron chi connectivity index (χ2n) is 5.16. The number of nitrogens with one attached hydrogen (secondary N) is 1. The van der Waals surface area contributed by atoms with Gasteiger partial charge >= 0.3 is 6.09 Å². The number of piperidine rings is 1. The lowest BCUT2D eigenvalue weighted by atomic mass is 10.1. The van der Waals surface area contributed by atoms with Crippen LogP contribution in [0, 0.1) is 17.0 Å². The van der Waals surface area contributed by atoms with Gasteiger partial charge in [-0.2, -0.15) is 0 Å². The molecule has 1 aromatic carbocycles. The number of amides is 1. The van der Waals surface area contributed by atoms with Crippen LogP contribution in [0.2, 0.25) is 0 Å². The summed E-state index contributed by atoms with van der Waals surface area (Å²) in [5.41, 5.74) is 1.56. The summed E-state index contributed by atoms with van der Waals surface area (Å²) < 4.78 is 4.73. The molecule has 0 aliphatic carbocycles. The first-order chi connectivity index (χ1) is 10.0. The van der Waals surface area contributed by atoms with Crippen molar-refractivity contribution in [3.05, 3.63) is 33.9 Å². The number of likely N-dealkylation sites (tertiary alicyclic amines) is 1. The van der Waals surface area contributed by atoms with Gasteiger partial charge in [0.2, 0.25) is 0 Å². The van der Waals surface area contributed by atoms with E-state index in [2.05, 4.69) is 5.32 Å². The van der Waals surface area contributed by atoms with Crippen LogP contribution < -0.4 is 5.32 Å². The highest BCUT2D eigenvalue weighted by atomic mass is 16.6. The van der Waals surface area contributed by atoms with Crippen LogP contribution in [0.15, 0.2) is 18.2 Å². The maximum atomic E-state index is 11.5. The molecule has 1 fully saturated rings. The topological polar surface area (TPSA) is 84.7 Å². The van der Waals surface area contributed by atoms with Gasteiger partial charge in [0.1, 0.15) is 0 Å². The summed E-state index contributed by atoms with van der Waals surface area (Å²) >= 11 is 0. The average molecular weight is 293 g/mol. The minimum atomic E-state index is -0.390. The molecule has 1 saturated heterocycles. The molecule has 0 bridgehead atoms. The molecule has 1 amide bonds. The number of carbonyl (C=O) groups excluding carboxylic acids is 1. The van der Waals surface area contributed by atoms with Crippen molar-refractivity contribution in [2.75, 3.05) is 25.5 Å². The first-order valence-electron chi connectivity index (χ1n) is 6.85. The summed E-state index contributed by atoms with van der Waals surface area (Å²) in [6, 6.07) is 5.08. The zero-order chi connectivity index (χ0) is 15.4. The number of carbonyl (C=O) groups is 1. The van der Waals surface area contributed by atoms with Gasteiger partial charge in [-0.25, -0.2) is 4.79 Å². The summed E-state index contributed by atoms with van der Waals surface area (Å²) in [5, 5.41) is 14.1. The minimum absolute atomic E-state index is 0.111. The summed E-state index contributed by atoms with van der Waals surface area (Å²) in [7, 11) is 1.37. The van der Waals surface area contributed by atoms with Gasteiger partial charge in [-0.3, -0.25) is 10.1 Å². The van der Waals surface area contributed by atoms with Gasteiger partial charge in [-0.05, 0) is 31.9 Å². The third kappa shape index (κ3) is 3.62. The number of benzene rings is 1. The van der Waals surface area contributed by atoms with Crippen molar-refractivity contribution < 1.29 is 14.5 Å². The van der Waals surface area contributed by atoms with Gasteiger partial charge in [0.15, 0.2) is 0 Å². The SMILES string of the molecule is COC(=O)N1CCCC(Nc2ccc([N+](=O)[O-])c(C)c2)C1. The molecule has 1 aliphatic rings. The van der Waals surface area contributed by atoms with E-state index in [1.807, 2.05) is 0 Å². The second kappa shape index (κ2) is 6.43. The molecule has 114 valence electrons. The fourth-order valence-corrected chi connectivity index (χ4v) is 2.58. The maximum absolute atomic E-state index is 11.5. The zero-order valence-corrected chi connectivity index (χ0v) is 12.2. The lowest BCUT2D eigenvalue weighted by Gasteiger charge is -2.32. The summed E-state index contributed by atoms with van der Waals surface area (Å²) in [5.74, 6) is 0. The molecule has 0 saturated carbocycles. The number of methoxy groups -OCH3 is 1. The van der Waals surface area contributed by atoms with Gasteiger partial charge in [-0.1, -0.05) is 0 Å². The molecule has 2 rings (SSSR count). The second-order valence-corrected chi connectivity index (χ2v) is 5.16. The van der Waals surface area contributed by atoms with E-state index in [4.69, 9.17) is 4.74 Å². The number of hydrogen-bond acceptors (Lipinski definition) is 5. The summed E-state index contributed by atoms with van der Waals surface area (Å²) in [4.78, 5) is 23.6. The quantitative estimate of drug-likeness (QED) is 0.684. The van der Waals surface area contributed by atoms with Crippen LogP contribution in [-0.4, -0.2) is 42.2 Å². The number of hydrogen-bond donors (Lipinski definition) is 1. The van der Waals surface area contributed by atoms with Crippen molar-refractivity contribution in [2.24, 2.45) is 0 Å². The van der Waals surface area contributed by atoms with Crippen molar-refractivity contribution in [1.29, 1.82) is 0 Å². The molecule has 21 heavy (non-hydrogen) atoms. The predicted octanol–water partition coefficient (Wildman–Crippen LogP) is 2.55. The lowest BCUT2D eigenvalue weighted by Crippen LogP contribution is -2.45. The molecule has 1 aromatic rings. The average Bonchev–Trinajstić information content (AvgIpc) is 2.46. The lowest BCUT2D eigenvalue weighted by molar-refractivity contribution is -0.385. The van der Waals surface area contributed by atoms with E-state index in [1.54, 1.807) is 24.0 Å². The third-order valence-corrected chi connectivity index (χ3v) is 3.62. The van der Waals surface area contributed by atoms with Gasteiger partial charge in [-0.15, -0.1) is 0 Å². The first kappa shape index (κ1) is 15.1. The van der Waals surface area contributed by atoms with Crippen molar-refractivity contribution in [1.82, 2.24) is 4.90 Å².